The Morgan fingerprint density at radius 1 is 0.667 bits per heavy atom. The van der Waals surface area contributed by atoms with Crippen LogP contribution in [0.5, 0.6) is 17.2 Å². The fraction of sp³-hybridized carbons (Fsp3) is 0.714. The van der Waals surface area contributed by atoms with Crippen molar-refractivity contribution < 1.29 is 14.2 Å². The molecule has 3 heteroatoms. The van der Waals surface area contributed by atoms with Crippen LogP contribution >= 0.6 is 0 Å². The fourth-order valence-electron chi connectivity index (χ4n) is 2.70. The highest BCUT2D eigenvalue weighted by Crippen LogP contribution is 2.37. The Kier molecular flexibility index (Phi) is 12.1. The number of unbranched alkanes of at least 4 members (excludes halogenated alkanes) is 8. The van der Waals surface area contributed by atoms with Crippen LogP contribution in [-0.2, 0) is 0 Å². The van der Waals surface area contributed by atoms with Gasteiger partial charge in [0.15, 0.2) is 11.5 Å². The summed E-state index contributed by atoms with van der Waals surface area (Å²) < 4.78 is 17.3. The van der Waals surface area contributed by atoms with Crippen molar-refractivity contribution in [3.05, 3.63) is 18.2 Å². The van der Waals surface area contributed by atoms with Crippen molar-refractivity contribution in [2.45, 2.75) is 78.1 Å². The minimum atomic E-state index is 0.722. The van der Waals surface area contributed by atoms with Gasteiger partial charge in [0.25, 0.3) is 0 Å². The van der Waals surface area contributed by atoms with Crippen LogP contribution in [0.15, 0.2) is 18.2 Å². The lowest BCUT2D eigenvalue weighted by Gasteiger charge is -2.15. The monoisotopic (exact) mass is 336 g/mol. The average Bonchev–Trinajstić information content (AvgIpc) is 2.61. The van der Waals surface area contributed by atoms with Crippen molar-refractivity contribution in [3.8, 4) is 17.2 Å². The summed E-state index contributed by atoms with van der Waals surface area (Å²) in [6.07, 6.45) is 12.4. The summed E-state index contributed by atoms with van der Waals surface area (Å²) in [7, 11) is 1.68. The van der Waals surface area contributed by atoms with E-state index in [2.05, 4.69) is 13.8 Å². The van der Waals surface area contributed by atoms with Gasteiger partial charge in [-0.3, -0.25) is 0 Å². The van der Waals surface area contributed by atoms with Crippen LogP contribution in [0.25, 0.3) is 0 Å². The number of benzene rings is 1. The smallest absolute Gasteiger partial charge is 0.203 e. The molecule has 1 aromatic carbocycles. The molecule has 0 N–H and O–H groups in total. The molecule has 0 saturated heterocycles. The highest BCUT2D eigenvalue weighted by atomic mass is 16.5. The van der Waals surface area contributed by atoms with E-state index in [0.29, 0.717) is 0 Å². The van der Waals surface area contributed by atoms with E-state index >= 15 is 0 Å². The average molecular weight is 337 g/mol. The van der Waals surface area contributed by atoms with Crippen LogP contribution in [0.1, 0.15) is 78.1 Å². The molecular formula is C21H36O3. The molecule has 0 aromatic heterocycles. The Morgan fingerprint density at radius 2 is 1.12 bits per heavy atom. The number of ether oxygens (including phenoxy) is 3. The van der Waals surface area contributed by atoms with Crippen LogP contribution in [0, 0.1) is 0 Å². The van der Waals surface area contributed by atoms with Crippen LogP contribution in [0.2, 0.25) is 0 Å². The second kappa shape index (κ2) is 14.0. The van der Waals surface area contributed by atoms with Gasteiger partial charge >= 0.3 is 0 Å². The number of methoxy groups -OCH3 is 1. The molecule has 0 radical (unpaired) electrons. The van der Waals surface area contributed by atoms with E-state index in [0.717, 1.165) is 43.3 Å². The molecular weight excluding hydrogens is 300 g/mol. The van der Waals surface area contributed by atoms with Crippen LogP contribution in [-0.4, -0.2) is 20.3 Å². The van der Waals surface area contributed by atoms with Gasteiger partial charge in [0.2, 0.25) is 5.75 Å². The minimum Gasteiger partial charge on any atom is -0.490 e. The topological polar surface area (TPSA) is 27.7 Å². The number of rotatable bonds is 15. The number of hydrogen-bond donors (Lipinski definition) is 0. The van der Waals surface area contributed by atoms with E-state index in [-0.39, 0.29) is 0 Å². The van der Waals surface area contributed by atoms with Crippen molar-refractivity contribution in [2.75, 3.05) is 20.3 Å². The molecule has 24 heavy (non-hydrogen) atoms. The van der Waals surface area contributed by atoms with E-state index in [1.165, 1.54) is 51.4 Å². The lowest BCUT2D eigenvalue weighted by molar-refractivity contribution is 0.259. The molecule has 3 nitrogen and oxygen atoms in total. The molecule has 0 saturated carbocycles. The first-order valence-corrected chi connectivity index (χ1v) is 9.76. The Hall–Kier alpha value is -1.38. The Labute approximate surface area is 148 Å². The lowest BCUT2D eigenvalue weighted by Crippen LogP contribution is -2.03. The molecule has 0 amide bonds. The zero-order valence-electron chi connectivity index (χ0n) is 15.9. The van der Waals surface area contributed by atoms with Crippen molar-refractivity contribution in [2.24, 2.45) is 0 Å². The molecule has 0 spiro atoms. The molecule has 0 bridgehead atoms. The summed E-state index contributed by atoms with van der Waals surface area (Å²) in [6.45, 7) is 5.94. The third-order valence-electron chi connectivity index (χ3n) is 4.16. The SMILES string of the molecule is CCCCCCCOc1cccc(OCCCCCCC)c1OC. The summed E-state index contributed by atoms with van der Waals surface area (Å²) in [5.41, 5.74) is 0. The maximum Gasteiger partial charge on any atom is 0.203 e. The Bertz CT molecular complexity index is 383. The second-order valence-electron chi connectivity index (χ2n) is 6.31. The van der Waals surface area contributed by atoms with Gasteiger partial charge < -0.3 is 14.2 Å². The first-order chi connectivity index (χ1) is 11.8. The van der Waals surface area contributed by atoms with Crippen molar-refractivity contribution in [3.63, 3.8) is 0 Å². The summed E-state index contributed by atoms with van der Waals surface area (Å²) in [4.78, 5) is 0. The Morgan fingerprint density at radius 3 is 1.54 bits per heavy atom. The largest absolute Gasteiger partial charge is 0.490 e. The van der Waals surface area contributed by atoms with Gasteiger partial charge in [0.1, 0.15) is 0 Å². The molecule has 1 rings (SSSR count). The standard InChI is InChI=1S/C21H36O3/c1-4-6-8-10-12-17-23-19-15-14-16-20(21(19)22-3)24-18-13-11-9-7-5-2/h14-16H,4-13,17-18H2,1-3H3. The van der Waals surface area contributed by atoms with Gasteiger partial charge in [-0.15, -0.1) is 0 Å². The van der Waals surface area contributed by atoms with E-state index < -0.39 is 0 Å². The van der Waals surface area contributed by atoms with Gasteiger partial charge in [0.05, 0.1) is 20.3 Å². The summed E-state index contributed by atoms with van der Waals surface area (Å²) in [6, 6.07) is 5.89. The highest BCUT2D eigenvalue weighted by molar-refractivity contribution is 5.51. The molecule has 0 aliphatic carbocycles. The van der Waals surface area contributed by atoms with Crippen LogP contribution in [0.3, 0.4) is 0 Å². The number of hydrogen-bond acceptors (Lipinski definition) is 3. The zero-order valence-corrected chi connectivity index (χ0v) is 15.9. The molecule has 0 fully saturated rings. The quantitative estimate of drug-likeness (QED) is 0.347. The molecule has 0 aliphatic rings. The molecule has 0 atom stereocenters. The molecule has 1 aromatic rings. The predicted octanol–water partition coefficient (Wildman–Crippen LogP) is 6.39. The van der Waals surface area contributed by atoms with Crippen molar-refractivity contribution >= 4 is 0 Å². The molecule has 0 unspecified atom stereocenters. The van der Waals surface area contributed by atoms with E-state index in [1.807, 2.05) is 18.2 Å². The Balaban J connectivity index is 2.38. The molecule has 0 heterocycles. The minimum absolute atomic E-state index is 0.722. The van der Waals surface area contributed by atoms with Gasteiger partial charge in [-0.2, -0.15) is 0 Å². The summed E-state index contributed by atoms with van der Waals surface area (Å²) >= 11 is 0. The number of para-hydroxylation sites is 1. The molecule has 138 valence electrons. The van der Waals surface area contributed by atoms with Gasteiger partial charge in [0, 0.05) is 0 Å². The van der Waals surface area contributed by atoms with Crippen LogP contribution < -0.4 is 14.2 Å². The van der Waals surface area contributed by atoms with Crippen molar-refractivity contribution in [1.29, 1.82) is 0 Å². The third-order valence-corrected chi connectivity index (χ3v) is 4.16. The van der Waals surface area contributed by atoms with Crippen molar-refractivity contribution in [1.82, 2.24) is 0 Å². The zero-order chi connectivity index (χ0) is 17.5. The van der Waals surface area contributed by atoms with Gasteiger partial charge in [-0.05, 0) is 25.0 Å². The summed E-state index contributed by atoms with van der Waals surface area (Å²) in [5.74, 6) is 2.30. The molecule has 0 aliphatic heterocycles. The van der Waals surface area contributed by atoms with Crippen LogP contribution in [0.4, 0.5) is 0 Å². The highest BCUT2D eigenvalue weighted by Gasteiger charge is 2.11. The second-order valence-corrected chi connectivity index (χ2v) is 6.31. The fourth-order valence-corrected chi connectivity index (χ4v) is 2.70. The van der Waals surface area contributed by atoms with Gasteiger partial charge in [-0.1, -0.05) is 71.3 Å². The normalized spacial score (nSPS) is 10.6. The van der Waals surface area contributed by atoms with E-state index in [1.54, 1.807) is 7.11 Å². The summed E-state index contributed by atoms with van der Waals surface area (Å²) in [5, 5.41) is 0. The van der Waals surface area contributed by atoms with Gasteiger partial charge in [-0.25, -0.2) is 0 Å². The maximum absolute atomic E-state index is 5.90. The third kappa shape index (κ3) is 8.47. The van der Waals surface area contributed by atoms with E-state index in [4.69, 9.17) is 14.2 Å². The van der Waals surface area contributed by atoms with E-state index in [9.17, 15) is 0 Å². The maximum atomic E-state index is 5.90. The predicted molar refractivity (Wildman–Crippen MR) is 102 cm³/mol. The lowest BCUT2D eigenvalue weighted by atomic mass is 10.2. The first-order valence-electron chi connectivity index (χ1n) is 9.76. The first kappa shape index (κ1) is 20.7.